The number of nitrogens with zero attached hydrogens (tertiary/aromatic N) is 2. The van der Waals surface area contributed by atoms with E-state index in [2.05, 4.69) is 9.95 Å². The van der Waals surface area contributed by atoms with Crippen molar-refractivity contribution in [2.45, 2.75) is 25.8 Å². The lowest BCUT2D eigenvalue weighted by Crippen LogP contribution is -1.98. The summed E-state index contributed by atoms with van der Waals surface area (Å²) in [6, 6.07) is 6.40. The molecular formula is C15H14ClN3S. The Balaban J connectivity index is 2.06. The van der Waals surface area contributed by atoms with E-state index in [1.165, 1.54) is 12.8 Å². The standard InChI is InChI=1S/C15H14ClN3S/c1-8-7-20-14(12(8)17)15-18-11-4-2-3-10(16)13(11)19(15)9-5-6-9/h2-4,7,9H,5-6,17H2,1H3. The molecular weight excluding hydrogens is 290 g/mol. The number of aromatic nitrogens is 2. The second-order valence-electron chi connectivity index (χ2n) is 5.31. The van der Waals surface area contributed by atoms with Crippen LogP contribution >= 0.6 is 22.9 Å². The molecule has 20 heavy (non-hydrogen) atoms. The molecule has 2 heterocycles. The van der Waals surface area contributed by atoms with Crippen LogP contribution in [0.3, 0.4) is 0 Å². The molecule has 1 aliphatic rings. The molecule has 0 saturated heterocycles. The smallest absolute Gasteiger partial charge is 0.153 e. The number of nitrogens with two attached hydrogens (primary N) is 1. The maximum Gasteiger partial charge on any atom is 0.153 e. The van der Waals surface area contributed by atoms with E-state index < -0.39 is 0 Å². The Hall–Kier alpha value is -1.52. The third-order valence-corrected chi connectivity index (χ3v) is 5.21. The van der Waals surface area contributed by atoms with Gasteiger partial charge >= 0.3 is 0 Å². The number of aryl methyl sites for hydroxylation is 1. The molecule has 2 N–H and O–H groups in total. The number of nitrogen functional groups attached to an aromatic ring is 1. The van der Waals surface area contributed by atoms with Crippen molar-refractivity contribution in [1.29, 1.82) is 0 Å². The van der Waals surface area contributed by atoms with Crippen LogP contribution in [0.5, 0.6) is 0 Å². The van der Waals surface area contributed by atoms with Gasteiger partial charge in [-0.15, -0.1) is 11.3 Å². The number of rotatable bonds is 2. The van der Waals surface area contributed by atoms with E-state index in [0.29, 0.717) is 6.04 Å². The van der Waals surface area contributed by atoms with Gasteiger partial charge in [-0.1, -0.05) is 17.7 Å². The molecule has 0 aliphatic heterocycles. The maximum absolute atomic E-state index is 6.39. The minimum atomic E-state index is 0.511. The zero-order valence-corrected chi connectivity index (χ0v) is 12.6. The Morgan fingerprint density at radius 3 is 2.85 bits per heavy atom. The Labute approximate surface area is 126 Å². The van der Waals surface area contributed by atoms with Gasteiger partial charge in [0.15, 0.2) is 5.82 Å². The summed E-state index contributed by atoms with van der Waals surface area (Å²) in [6.45, 7) is 2.03. The van der Waals surface area contributed by atoms with E-state index in [0.717, 1.165) is 38.0 Å². The summed E-state index contributed by atoms with van der Waals surface area (Å²) >= 11 is 8.05. The zero-order chi connectivity index (χ0) is 13.9. The van der Waals surface area contributed by atoms with Crippen molar-refractivity contribution < 1.29 is 0 Å². The molecule has 0 atom stereocenters. The van der Waals surface area contributed by atoms with E-state index in [9.17, 15) is 0 Å². The van der Waals surface area contributed by atoms with Crippen LogP contribution in [0.25, 0.3) is 21.7 Å². The molecule has 3 nitrogen and oxygen atoms in total. The van der Waals surface area contributed by atoms with Gasteiger partial charge in [0.1, 0.15) is 0 Å². The lowest BCUT2D eigenvalue weighted by atomic mass is 10.2. The lowest BCUT2D eigenvalue weighted by Gasteiger charge is -2.08. The fraction of sp³-hybridized carbons (Fsp3) is 0.267. The number of halogens is 1. The molecule has 1 aliphatic carbocycles. The first-order valence-electron chi connectivity index (χ1n) is 6.67. The maximum atomic E-state index is 6.39. The van der Waals surface area contributed by atoms with Crippen LogP contribution in [0.2, 0.25) is 5.02 Å². The van der Waals surface area contributed by atoms with Crippen molar-refractivity contribution >= 4 is 39.7 Å². The number of hydrogen-bond acceptors (Lipinski definition) is 3. The SMILES string of the molecule is Cc1csc(-c2nc3cccc(Cl)c3n2C2CC2)c1N. The predicted octanol–water partition coefficient (Wildman–Crippen LogP) is 4.64. The number of para-hydroxylation sites is 1. The first kappa shape index (κ1) is 12.2. The average molecular weight is 304 g/mol. The van der Waals surface area contributed by atoms with Crippen molar-refractivity contribution in [3.63, 3.8) is 0 Å². The molecule has 1 saturated carbocycles. The number of hydrogen-bond donors (Lipinski definition) is 1. The van der Waals surface area contributed by atoms with Gasteiger partial charge in [-0.2, -0.15) is 0 Å². The number of fused-ring (bicyclic) bond motifs is 1. The van der Waals surface area contributed by atoms with Crippen LogP contribution in [0.1, 0.15) is 24.4 Å². The molecule has 1 aromatic carbocycles. The van der Waals surface area contributed by atoms with Gasteiger partial charge in [0.2, 0.25) is 0 Å². The van der Waals surface area contributed by atoms with E-state index in [1.54, 1.807) is 11.3 Å². The second-order valence-corrected chi connectivity index (χ2v) is 6.59. The number of imidazole rings is 1. The van der Waals surface area contributed by atoms with Crippen LogP contribution in [-0.4, -0.2) is 9.55 Å². The van der Waals surface area contributed by atoms with Crippen molar-refractivity contribution in [1.82, 2.24) is 9.55 Å². The number of thiophene rings is 1. The van der Waals surface area contributed by atoms with E-state index in [4.69, 9.17) is 22.3 Å². The third kappa shape index (κ3) is 1.68. The summed E-state index contributed by atoms with van der Waals surface area (Å²) in [7, 11) is 0. The highest BCUT2D eigenvalue weighted by Crippen LogP contribution is 2.45. The minimum Gasteiger partial charge on any atom is -0.397 e. The topological polar surface area (TPSA) is 43.8 Å². The largest absolute Gasteiger partial charge is 0.397 e. The summed E-state index contributed by atoms with van der Waals surface area (Å²) in [5.41, 5.74) is 10.1. The van der Waals surface area contributed by atoms with Gasteiger partial charge in [-0.3, -0.25) is 0 Å². The fourth-order valence-electron chi connectivity index (χ4n) is 2.58. The zero-order valence-electron chi connectivity index (χ0n) is 11.1. The van der Waals surface area contributed by atoms with Gasteiger partial charge in [0.05, 0.1) is 26.6 Å². The third-order valence-electron chi connectivity index (χ3n) is 3.80. The quantitative estimate of drug-likeness (QED) is 0.749. The second kappa shape index (κ2) is 4.24. The first-order valence-corrected chi connectivity index (χ1v) is 7.93. The van der Waals surface area contributed by atoms with Gasteiger partial charge in [-0.05, 0) is 42.8 Å². The highest BCUT2D eigenvalue weighted by atomic mass is 35.5. The Kier molecular flexibility index (Phi) is 2.59. The fourth-order valence-corrected chi connectivity index (χ4v) is 3.80. The molecule has 4 rings (SSSR count). The highest BCUT2D eigenvalue weighted by molar-refractivity contribution is 7.14. The van der Waals surface area contributed by atoms with Crippen LogP contribution in [-0.2, 0) is 0 Å². The van der Waals surface area contributed by atoms with Crippen LogP contribution in [0.15, 0.2) is 23.6 Å². The normalized spacial score (nSPS) is 15.1. The lowest BCUT2D eigenvalue weighted by molar-refractivity contribution is 0.777. The van der Waals surface area contributed by atoms with Crippen LogP contribution in [0.4, 0.5) is 5.69 Å². The molecule has 1 fully saturated rings. The highest BCUT2D eigenvalue weighted by Gasteiger charge is 2.30. The summed E-state index contributed by atoms with van der Waals surface area (Å²) < 4.78 is 2.28. The van der Waals surface area contributed by atoms with Gasteiger partial charge in [0.25, 0.3) is 0 Å². The molecule has 0 unspecified atom stereocenters. The Bertz CT molecular complexity index is 814. The monoisotopic (exact) mass is 303 g/mol. The molecule has 3 aromatic rings. The summed E-state index contributed by atoms with van der Waals surface area (Å²) in [4.78, 5) is 5.85. The van der Waals surface area contributed by atoms with Crippen LogP contribution < -0.4 is 5.73 Å². The molecule has 2 aromatic heterocycles. The Morgan fingerprint density at radius 2 is 2.20 bits per heavy atom. The Morgan fingerprint density at radius 1 is 1.40 bits per heavy atom. The number of anilines is 1. The van der Waals surface area contributed by atoms with Crippen molar-refractivity contribution in [2.24, 2.45) is 0 Å². The average Bonchev–Trinajstić information content (AvgIpc) is 3.12. The predicted molar refractivity (Wildman–Crippen MR) is 85.5 cm³/mol. The molecule has 102 valence electrons. The first-order chi connectivity index (χ1) is 9.66. The van der Waals surface area contributed by atoms with Gasteiger partial charge in [-0.25, -0.2) is 4.98 Å². The molecule has 0 bridgehead atoms. The van der Waals surface area contributed by atoms with E-state index in [-0.39, 0.29) is 0 Å². The van der Waals surface area contributed by atoms with Gasteiger partial charge < -0.3 is 10.3 Å². The minimum absolute atomic E-state index is 0.511. The van der Waals surface area contributed by atoms with Crippen molar-refractivity contribution in [3.05, 3.63) is 34.2 Å². The molecule has 0 radical (unpaired) electrons. The summed E-state index contributed by atoms with van der Waals surface area (Å²) in [5.74, 6) is 0.964. The summed E-state index contributed by atoms with van der Waals surface area (Å²) in [6.07, 6.45) is 2.38. The van der Waals surface area contributed by atoms with Crippen LogP contribution in [0, 0.1) is 6.92 Å². The molecule has 5 heteroatoms. The van der Waals surface area contributed by atoms with Crippen molar-refractivity contribution in [2.75, 3.05) is 5.73 Å². The molecule has 0 spiro atoms. The van der Waals surface area contributed by atoms with Crippen molar-refractivity contribution in [3.8, 4) is 10.7 Å². The van der Waals surface area contributed by atoms with Gasteiger partial charge in [0, 0.05) is 6.04 Å². The van der Waals surface area contributed by atoms with E-state index in [1.807, 2.05) is 25.1 Å². The number of benzene rings is 1. The summed E-state index contributed by atoms with van der Waals surface area (Å²) in [5, 5.41) is 2.85. The van der Waals surface area contributed by atoms with E-state index >= 15 is 0 Å². The molecule has 0 amide bonds.